The number of rotatable bonds is 3. The number of hydrogen-bond acceptors (Lipinski definition) is 6. The number of carbonyl (C=O) groups is 1. The summed E-state index contributed by atoms with van der Waals surface area (Å²) in [5.41, 5.74) is 2.42. The minimum Gasteiger partial charge on any atom is -0.337 e. The van der Waals surface area contributed by atoms with E-state index in [0.717, 1.165) is 30.9 Å². The Labute approximate surface area is 149 Å². The van der Waals surface area contributed by atoms with Gasteiger partial charge in [0.25, 0.3) is 5.91 Å². The molecule has 0 radical (unpaired) electrons. The van der Waals surface area contributed by atoms with Crippen LogP contribution < -0.4 is 0 Å². The van der Waals surface area contributed by atoms with E-state index >= 15 is 0 Å². The van der Waals surface area contributed by atoms with Crippen molar-refractivity contribution < 1.29 is 4.79 Å². The first-order valence-corrected chi connectivity index (χ1v) is 9.10. The molecule has 7 heteroatoms. The van der Waals surface area contributed by atoms with Crippen LogP contribution in [0.4, 0.5) is 0 Å². The van der Waals surface area contributed by atoms with Crippen LogP contribution in [0.5, 0.6) is 0 Å². The van der Waals surface area contributed by atoms with Crippen molar-refractivity contribution >= 4 is 17.2 Å². The summed E-state index contributed by atoms with van der Waals surface area (Å²) >= 11 is 1.42. The fraction of sp³-hybridized carbons (Fsp3) is 0.278. The molecule has 1 fully saturated rings. The van der Waals surface area contributed by atoms with Crippen molar-refractivity contribution in [3.63, 3.8) is 0 Å². The summed E-state index contributed by atoms with van der Waals surface area (Å²) in [7, 11) is 0. The second-order valence-electron chi connectivity index (χ2n) is 6.00. The summed E-state index contributed by atoms with van der Waals surface area (Å²) in [5.74, 6) is 0.351. The molecule has 1 aliphatic rings. The molecule has 1 saturated heterocycles. The largest absolute Gasteiger partial charge is 0.337 e. The van der Waals surface area contributed by atoms with E-state index in [2.05, 4.69) is 19.9 Å². The number of carbonyl (C=O) groups excluding carboxylic acids is 1. The highest BCUT2D eigenvalue weighted by molar-refractivity contribution is 7.13. The normalized spacial score (nSPS) is 17.4. The third-order valence-electron chi connectivity index (χ3n) is 4.39. The maximum absolute atomic E-state index is 12.8. The van der Waals surface area contributed by atoms with E-state index in [-0.39, 0.29) is 5.91 Å². The topological polar surface area (TPSA) is 71.9 Å². The third kappa shape index (κ3) is 3.41. The Morgan fingerprint density at radius 1 is 1.16 bits per heavy atom. The number of pyridine rings is 1. The number of thiazole rings is 1. The zero-order chi connectivity index (χ0) is 17.1. The van der Waals surface area contributed by atoms with Gasteiger partial charge in [-0.2, -0.15) is 0 Å². The van der Waals surface area contributed by atoms with E-state index in [4.69, 9.17) is 0 Å². The summed E-state index contributed by atoms with van der Waals surface area (Å²) in [6.45, 7) is 1.50. The maximum Gasteiger partial charge on any atom is 0.273 e. The van der Waals surface area contributed by atoms with Crippen LogP contribution in [-0.4, -0.2) is 43.8 Å². The van der Waals surface area contributed by atoms with Crippen LogP contribution in [0.2, 0.25) is 0 Å². The van der Waals surface area contributed by atoms with Gasteiger partial charge in [-0.05, 0) is 30.5 Å². The number of piperidine rings is 1. The molecule has 25 heavy (non-hydrogen) atoms. The van der Waals surface area contributed by atoms with E-state index in [0.29, 0.717) is 17.3 Å². The number of aromatic nitrogens is 4. The highest BCUT2D eigenvalue weighted by atomic mass is 32.1. The van der Waals surface area contributed by atoms with Crippen LogP contribution in [0.1, 0.15) is 34.8 Å². The van der Waals surface area contributed by atoms with Crippen LogP contribution in [0.25, 0.3) is 10.7 Å². The molecule has 4 rings (SSSR count). The predicted octanol–water partition coefficient (Wildman–Crippen LogP) is 3.01. The molecule has 4 heterocycles. The van der Waals surface area contributed by atoms with Crippen LogP contribution in [0.15, 0.2) is 48.5 Å². The quantitative estimate of drug-likeness (QED) is 0.725. The second kappa shape index (κ2) is 7.06. The Balaban J connectivity index is 1.50. The lowest BCUT2D eigenvalue weighted by Gasteiger charge is -2.32. The van der Waals surface area contributed by atoms with Gasteiger partial charge >= 0.3 is 0 Å². The van der Waals surface area contributed by atoms with Crippen molar-refractivity contribution in [3.05, 3.63) is 59.8 Å². The molecule has 0 saturated carbocycles. The van der Waals surface area contributed by atoms with Crippen molar-refractivity contribution in [1.82, 2.24) is 24.8 Å². The fourth-order valence-electron chi connectivity index (χ4n) is 3.13. The minimum atomic E-state index is -0.00912. The first-order valence-electron chi connectivity index (χ1n) is 8.22. The molecule has 0 aromatic carbocycles. The molecule has 1 unspecified atom stereocenters. The molecule has 0 bridgehead atoms. The Morgan fingerprint density at radius 3 is 2.84 bits per heavy atom. The summed E-state index contributed by atoms with van der Waals surface area (Å²) in [6, 6.07) is 4.07. The van der Waals surface area contributed by atoms with E-state index in [9.17, 15) is 4.79 Å². The minimum absolute atomic E-state index is 0.00912. The summed E-state index contributed by atoms with van der Waals surface area (Å²) < 4.78 is 0. The average Bonchev–Trinajstić information content (AvgIpc) is 3.19. The van der Waals surface area contributed by atoms with Gasteiger partial charge in [0.05, 0.1) is 6.20 Å². The molecule has 0 aliphatic carbocycles. The molecule has 0 N–H and O–H groups in total. The van der Waals surface area contributed by atoms with Crippen molar-refractivity contribution in [2.24, 2.45) is 0 Å². The second-order valence-corrected chi connectivity index (χ2v) is 6.86. The third-order valence-corrected chi connectivity index (χ3v) is 5.26. The van der Waals surface area contributed by atoms with Crippen LogP contribution in [0, 0.1) is 0 Å². The monoisotopic (exact) mass is 351 g/mol. The number of amides is 1. The number of likely N-dealkylation sites (tertiary alicyclic amines) is 1. The van der Waals surface area contributed by atoms with Crippen LogP contribution >= 0.6 is 11.3 Å². The van der Waals surface area contributed by atoms with E-state index in [1.165, 1.54) is 16.9 Å². The lowest BCUT2D eigenvalue weighted by Crippen LogP contribution is -2.39. The van der Waals surface area contributed by atoms with Gasteiger partial charge < -0.3 is 4.90 Å². The Morgan fingerprint density at radius 2 is 2.04 bits per heavy atom. The van der Waals surface area contributed by atoms with Gasteiger partial charge in [0.2, 0.25) is 0 Å². The molecular weight excluding hydrogens is 334 g/mol. The van der Waals surface area contributed by atoms with Gasteiger partial charge in [-0.3, -0.25) is 19.7 Å². The van der Waals surface area contributed by atoms with Crippen LogP contribution in [0.3, 0.4) is 0 Å². The summed E-state index contributed by atoms with van der Waals surface area (Å²) in [6.07, 6.45) is 10.6. The van der Waals surface area contributed by atoms with Crippen LogP contribution in [-0.2, 0) is 0 Å². The Bertz CT molecular complexity index is 852. The maximum atomic E-state index is 12.8. The lowest BCUT2D eigenvalue weighted by atomic mass is 9.91. The van der Waals surface area contributed by atoms with E-state index in [1.54, 1.807) is 18.6 Å². The highest BCUT2D eigenvalue weighted by Gasteiger charge is 2.27. The van der Waals surface area contributed by atoms with Crippen molar-refractivity contribution in [2.45, 2.75) is 18.8 Å². The van der Waals surface area contributed by atoms with Crippen molar-refractivity contribution in [1.29, 1.82) is 0 Å². The van der Waals surface area contributed by atoms with Crippen molar-refractivity contribution in [2.75, 3.05) is 13.1 Å². The Hall–Kier alpha value is -2.67. The lowest BCUT2D eigenvalue weighted by molar-refractivity contribution is 0.0702. The van der Waals surface area contributed by atoms with Gasteiger partial charge in [-0.25, -0.2) is 4.98 Å². The molecule has 126 valence electrons. The van der Waals surface area contributed by atoms with Gasteiger partial charge in [0, 0.05) is 49.2 Å². The first-order chi connectivity index (χ1) is 12.3. The van der Waals surface area contributed by atoms with Crippen molar-refractivity contribution in [3.8, 4) is 10.7 Å². The summed E-state index contributed by atoms with van der Waals surface area (Å²) in [5, 5.41) is 2.53. The molecule has 1 aliphatic heterocycles. The zero-order valence-electron chi connectivity index (χ0n) is 13.6. The van der Waals surface area contributed by atoms with Gasteiger partial charge in [0.1, 0.15) is 16.4 Å². The molecular formula is C18H17N5OS. The zero-order valence-corrected chi connectivity index (χ0v) is 14.4. The average molecular weight is 351 g/mol. The number of hydrogen-bond donors (Lipinski definition) is 0. The molecule has 1 atom stereocenters. The highest BCUT2D eigenvalue weighted by Crippen LogP contribution is 2.28. The molecule has 6 nitrogen and oxygen atoms in total. The van der Waals surface area contributed by atoms with Gasteiger partial charge in [-0.15, -0.1) is 11.3 Å². The summed E-state index contributed by atoms with van der Waals surface area (Å²) in [4.78, 5) is 31.6. The molecule has 3 aromatic rings. The molecule has 0 spiro atoms. The van der Waals surface area contributed by atoms with E-state index in [1.807, 2.05) is 34.8 Å². The van der Waals surface area contributed by atoms with Gasteiger partial charge in [-0.1, -0.05) is 0 Å². The Kier molecular flexibility index (Phi) is 4.47. The molecule has 1 amide bonds. The van der Waals surface area contributed by atoms with Gasteiger partial charge in [0.15, 0.2) is 0 Å². The van der Waals surface area contributed by atoms with E-state index < -0.39 is 0 Å². The predicted molar refractivity (Wildman–Crippen MR) is 95.3 cm³/mol. The number of nitrogens with zero attached hydrogens (tertiary/aromatic N) is 5. The smallest absolute Gasteiger partial charge is 0.273 e. The first kappa shape index (κ1) is 15.8. The SMILES string of the molecule is O=C(c1csc(-c2cnccn2)n1)N1CCCC(c2ccncc2)C1. The standard InChI is InChI=1S/C18H17N5OS/c24-18(16-12-25-17(22-16)15-10-20-7-8-21-15)23-9-1-2-14(11-23)13-3-5-19-6-4-13/h3-8,10,12,14H,1-2,9,11H2. The fourth-order valence-corrected chi connectivity index (χ4v) is 3.88. The molecule has 3 aromatic heterocycles.